The number of amidine groups is 1. The lowest BCUT2D eigenvalue weighted by Gasteiger charge is -2.29. The first-order chi connectivity index (χ1) is 18.8. The van der Waals surface area contributed by atoms with Crippen LogP contribution in [0.25, 0.3) is 0 Å². The van der Waals surface area contributed by atoms with E-state index in [1.165, 1.54) is 7.11 Å². The van der Waals surface area contributed by atoms with Crippen LogP contribution in [-0.2, 0) is 35.8 Å². The Morgan fingerprint density at radius 2 is 1.85 bits per heavy atom. The lowest BCUT2D eigenvalue weighted by molar-refractivity contribution is -0.144. The van der Waals surface area contributed by atoms with Crippen molar-refractivity contribution < 1.29 is 23.8 Å². The van der Waals surface area contributed by atoms with E-state index in [1.807, 2.05) is 38.1 Å². The van der Waals surface area contributed by atoms with Gasteiger partial charge in [0.15, 0.2) is 12.4 Å². The number of likely N-dealkylation sites (tertiary alicyclic amines) is 1. The Bertz CT molecular complexity index is 1260. The van der Waals surface area contributed by atoms with Crippen molar-refractivity contribution >= 4 is 40.9 Å². The van der Waals surface area contributed by atoms with Crippen molar-refractivity contribution in [3.8, 4) is 0 Å². The number of rotatable bonds is 6. The highest BCUT2D eigenvalue weighted by atomic mass is 16.5. The summed E-state index contributed by atoms with van der Waals surface area (Å²) < 4.78 is 16.1. The van der Waals surface area contributed by atoms with Gasteiger partial charge < -0.3 is 29.3 Å². The molecule has 12 nitrogen and oxygen atoms in total. The van der Waals surface area contributed by atoms with Crippen molar-refractivity contribution in [1.29, 1.82) is 5.41 Å². The molecule has 0 bridgehead atoms. The molecule has 208 valence electrons. The molecule has 12 heteroatoms. The van der Waals surface area contributed by atoms with Crippen LogP contribution in [0.2, 0.25) is 0 Å². The summed E-state index contributed by atoms with van der Waals surface area (Å²) >= 11 is 0. The van der Waals surface area contributed by atoms with E-state index in [0.717, 1.165) is 25.2 Å². The summed E-state index contributed by atoms with van der Waals surface area (Å²) in [6.45, 7) is 7.22. The molecule has 3 aliphatic heterocycles. The van der Waals surface area contributed by atoms with Crippen molar-refractivity contribution in [2.45, 2.75) is 44.8 Å². The van der Waals surface area contributed by atoms with Gasteiger partial charge in [-0.1, -0.05) is 0 Å². The van der Waals surface area contributed by atoms with Gasteiger partial charge in [-0.3, -0.25) is 15.1 Å². The summed E-state index contributed by atoms with van der Waals surface area (Å²) in [6, 6.07) is 7.22. The number of esters is 1. The van der Waals surface area contributed by atoms with Crippen LogP contribution in [0.3, 0.4) is 0 Å². The van der Waals surface area contributed by atoms with Crippen LogP contribution < -0.4 is 15.1 Å². The Morgan fingerprint density at radius 3 is 2.51 bits per heavy atom. The number of anilines is 4. The standard InChI is InChI=1S/C27H35N7O5/c1-27(2)21-22(29-3)30-20(16-39-26(28)33-11-5-6-19(33)24(35)37-4)31-23(21)34(25(27)36)18-9-7-17(8-10-18)32-12-14-38-15-13-32/h7-10,19,28H,5-6,11-16H2,1-4H3,(H,29,30,31)/t19-/m1/s1. The maximum absolute atomic E-state index is 13.7. The summed E-state index contributed by atoms with van der Waals surface area (Å²) in [6.07, 6.45) is 1.37. The Kier molecular flexibility index (Phi) is 7.30. The average molecular weight is 538 g/mol. The number of carbonyl (C=O) groups excluding carboxylic acids is 2. The Morgan fingerprint density at radius 1 is 1.15 bits per heavy atom. The molecule has 1 aromatic carbocycles. The van der Waals surface area contributed by atoms with Gasteiger partial charge in [0.2, 0.25) is 5.91 Å². The van der Waals surface area contributed by atoms with Gasteiger partial charge in [0.25, 0.3) is 6.02 Å². The smallest absolute Gasteiger partial charge is 0.328 e. The van der Waals surface area contributed by atoms with Crippen LogP contribution in [0.4, 0.5) is 23.0 Å². The molecule has 2 aromatic rings. The Labute approximate surface area is 227 Å². The van der Waals surface area contributed by atoms with Crippen LogP contribution in [0, 0.1) is 5.41 Å². The zero-order valence-electron chi connectivity index (χ0n) is 22.8. The highest BCUT2D eigenvalue weighted by molar-refractivity contribution is 6.12. The van der Waals surface area contributed by atoms with Gasteiger partial charge in [0.05, 0.1) is 37.0 Å². The maximum atomic E-state index is 13.7. The van der Waals surface area contributed by atoms with E-state index in [1.54, 1.807) is 16.8 Å². The Balaban J connectivity index is 1.41. The third kappa shape index (κ3) is 4.84. The minimum Gasteiger partial charge on any atom is -0.467 e. The molecule has 39 heavy (non-hydrogen) atoms. The van der Waals surface area contributed by atoms with Crippen LogP contribution in [0.15, 0.2) is 24.3 Å². The molecule has 2 saturated heterocycles. The Hall–Kier alpha value is -3.93. The van der Waals surface area contributed by atoms with Crippen molar-refractivity contribution in [3.05, 3.63) is 35.7 Å². The van der Waals surface area contributed by atoms with Gasteiger partial charge in [-0.15, -0.1) is 0 Å². The topological polar surface area (TPSA) is 133 Å². The number of morpholine rings is 1. The fourth-order valence-electron chi connectivity index (χ4n) is 5.44. The number of ether oxygens (including phenoxy) is 3. The number of carbonyl (C=O) groups is 2. The number of fused-ring (bicyclic) bond motifs is 1. The van der Waals surface area contributed by atoms with E-state index in [9.17, 15) is 9.59 Å². The molecule has 4 heterocycles. The van der Waals surface area contributed by atoms with E-state index < -0.39 is 11.5 Å². The zero-order valence-corrected chi connectivity index (χ0v) is 22.8. The SMILES string of the molecule is CNc1nc(COC(=N)N2CCC[C@@H]2C(=O)OC)nc2c1C(C)(C)C(=O)N2c1ccc(N2CCOCC2)cc1. The maximum Gasteiger partial charge on any atom is 0.328 e. The monoisotopic (exact) mass is 537 g/mol. The number of nitrogens with zero attached hydrogens (tertiary/aromatic N) is 5. The number of aromatic nitrogens is 2. The largest absolute Gasteiger partial charge is 0.467 e. The molecule has 0 aliphatic carbocycles. The predicted molar refractivity (Wildman–Crippen MR) is 145 cm³/mol. The summed E-state index contributed by atoms with van der Waals surface area (Å²) in [4.78, 5) is 40.6. The van der Waals surface area contributed by atoms with Gasteiger partial charge in [-0.05, 0) is 51.0 Å². The molecule has 2 N–H and O–H groups in total. The van der Waals surface area contributed by atoms with E-state index in [2.05, 4.69) is 15.2 Å². The quantitative estimate of drug-likeness (QED) is 0.321. The van der Waals surface area contributed by atoms with Crippen molar-refractivity contribution in [3.63, 3.8) is 0 Å². The first-order valence-corrected chi connectivity index (χ1v) is 13.2. The summed E-state index contributed by atoms with van der Waals surface area (Å²) in [5.74, 6) is 0.846. The number of amides is 1. The third-order valence-corrected chi connectivity index (χ3v) is 7.56. The molecule has 1 aromatic heterocycles. The molecule has 0 unspecified atom stereocenters. The molecule has 0 spiro atoms. The fourth-order valence-corrected chi connectivity index (χ4v) is 5.44. The first-order valence-electron chi connectivity index (χ1n) is 13.2. The number of benzene rings is 1. The molecule has 0 radical (unpaired) electrons. The van der Waals surface area contributed by atoms with Crippen molar-refractivity contribution in [2.24, 2.45) is 0 Å². The predicted octanol–water partition coefficient (Wildman–Crippen LogP) is 2.40. The second-order valence-electron chi connectivity index (χ2n) is 10.3. The van der Waals surface area contributed by atoms with Gasteiger partial charge in [-0.2, -0.15) is 0 Å². The molecule has 1 atom stereocenters. The molecule has 3 aliphatic rings. The summed E-state index contributed by atoms with van der Waals surface area (Å²) in [5.41, 5.74) is 1.64. The number of nitrogens with one attached hydrogen (secondary N) is 2. The third-order valence-electron chi connectivity index (χ3n) is 7.56. The van der Waals surface area contributed by atoms with E-state index in [-0.39, 0.29) is 24.5 Å². The summed E-state index contributed by atoms with van der Waals surface area (Å²) in [7, 11) is 3.09. The zero-order chi connectivity index (χ0) is 27.7. The average Bonchev–Trinajstić information content (AvgIpc) is 3.53. The molecule has 2 fully saturated rings. The molecule has 0 saturated carbocycles. The lowest BCUT2D eigenvalue weighted by atomic mass is 9.87. The van der Waals surface area contributed by atoms with Crippen LogP contribution >= 0.6 is 0 Å². The van der Waals surface area contributed by atoms with Crippen molar-refractivity contribution in [1.82, 2.24) is 14.9 Å². The summed E-state index contributed by atoms with van der Waals surface area (Å²) in [5, 5.41) is 11.5. The minimum absolute atomic E-state index is 0.0936. The fraction of sp³-hybridized carbons (Fsp3) is 0.519. The van der Waals surface area contributed by atoms with Crippen LogP contribution in [0.1, 0.15) is 38.1 Å². The first kappa shape index (κ1) is 26.7. The minimum atomic E-state index is -0.855. The van der Waals surface area contributed by atoms with Gasteiger partial charge >= 0.3 is 5.97 Å². The number of hydrogen-bond donors (Lipinski definition) is 2. The lowest BCUT2D eigenvalue weighted by Crippen LogP contribution is -2.41. The van der Waals surface area contributed by atoms with Crippen LogP contribution in [-0.4, -0.2) is 85.8 Å². The highest BCUT2D eigenvalue weighted by Gasteiger charge is 2.48. The van der Waals surface area contributed by atoms with Gasteiger partial charge in [0, 0.05) is 32.4 Å². The molecule has 1 amide bonds. The van der Waals surface area contributed by atoms with E-state index in [0.29, 0.717) is 54.9 Å². The second-order valence-corrected chi connectivity index (χ2v) is 10.3. The number of hydrogen-bond acceptors (Lipinski definition) is 10. The van der Waals surface area contributed by atoms with E-state index in [4.69, 9.17) is 24.6 Å². The normalized spacial score (nSPS) is 20.2. The highest BCUT2D eigenvalue weighted by Crippen LogP contribution is 2.47. The van der Waals surface area contributed by atoms with E-state index >= 15 is 0 Å². The van der Waals surface area contributed by atoms with Gasteiger partial charge in [0.1, 0.15) is 17.7 Å². The second kappa shape index (κ2) is 10.7. The molecule has 5 rings (SSSR count). The van der Waals surface area contributed by atoms with Gasteiger partial charge in [-0.25, -0.2) is 14.8 Å². The number of methoxy groups -OCH3 is 1. The molecular formula is C27H35N7O5. The van der Waals surface area contributed by atoms with Crippen LogP contribution in [0.5, 0.6) is 0 Å². The molecular weight excluding hydrogens is 502 g/mol. The van der Waals surface area contributed by atoms with Crippen molar-refractivity contribution in [2.75, 3.05) is 62.1 Å².